The quantitative estimate of drug-likeness (QED) is 0.550. The summed E-state index contributed by atoms with van der Waals surface area (Å²) in [6.07, 6.45) is 0.999. The van der Waals surface area contributed by atoms with Crippen molar-refractivity contribution in [3.8, 4) is 0 Å². The monoisotopic (exact) mass is 300 g/mol. The number of aryl methyl sites for hydroxylation is 2. The zero-order valence-corrected chi connectivity index (χ0v) is 14.2. The maximum Gasteiger partial charge on any atom is 0.00610 e. The van der Waals surface area contributed by atoms with Gasteiger partial charge in [-0.2, -0.15) is 0 Å². The van der Waals surface area contributed by atoms with Gasteiger partial charge in [-0.05, 0) is 42.5 Å². The molecule has 0 saturated heterocycles. The zero-order chi connectivity index (χ0) is 16.2. The minimum absolute atomic E-state index is 0.434. The van der Waals surface area contributed by atoms with Gasteiger partial charge in [-0.1, -0.05) is 90.8 Å². The van der Waals surface area contributed by atoms with Crippen LogP contribution in [-0.4, -0.2) is 0 Å². The molecule has 0 N–H and O–H groups in total. The Morgan fingerprint density at radius 2 is 0.913 bits per heavy atom. The topological polar surface area (TPSA) is 0 Å². The molecular formula is C23H24. The zero-order valence-electron chi connectivity index (χ0n) is 14.2. The molecule has 0 heterocycles. The Kier molecular flexibility index (Phi) is 4.62. The Hall–Kier alpha value is -2.34. The van der Waals surface area contributed by atoms with Crippen molar-refractivity contribution in [1.82, 2.24) is 0 Å². The van der Waals surface area contributed by atoms with Gasteiger partial charge in [-0.3, -0.25) is 0 Å². The molecule has 0 aromatic heterocycles. The Balaban J connectivity index is 1.73. The third-order valence-electron chi connectivity index (χ3n) is 4.59. The van der Waals surface area contributed by atoms with Gasteiger partial charge >= 0.3 is 0 Å². The van der Waals surface area contributed by atoms with E-state index in [0.717, 1.165) is 6.42 Å². The first-order valence-corrected chi connectivity index (χ1v) is 8.33. The fourth-order valence-corrected chi connectivity index (χ4v) is 2.91. The third kappa shape index (κ3) is 3.90. The molecule has 0 aliphatic carbocycles. The molecule has 0 aliphatic rings. The predicted octanol–water partition coefficient (Wildman–Crippen LogP) is 6.05. The van der Waals surface area contributed by atoms with Crippen LogP contribution in [0.1, 0.15) is 46.2 Å². The normalized spacial score (nSPS) is 12.1. The van der Waals surface area contributed by atoms with Crippen LogP contribution in [0.5, 0.6) is 0 Å². The number of rotatable bonds is 4. The molecule has 0 amide bonds. The van der Waals surface area contributed by atoms with Gasteiger partial charge in [0.15, 0.2) is 0 Å². The molecule has 1 unspecified atom stereocenters. The molecule has 0 aliphatic heterocycles. The molecule has 0 spiro atoms. The van der Waals surface area contributed by atoms with Gasteiger partial charge < -0.3 is 0 Å². The number of hydrogen-bond donors (Lipinski definition) is 0. The second kappa shape index (κ2) is 6.83. The summed E-state index contributed by atoms with van der Waals surface area (Å²) in [6.45, 7) is 6.54. The molecule has 0 nitrogen and oxygen atoms in total. The first kappa shape index (κ1) is 15.6. The van der Waals surface area contributed by atoms with Crippen molar-refractivity contribution >= 4 is 0 Å². The fourth-order valence-electron chi connectivity index (χ4n) is 2.91. The van der Waals surface area contributed by atoms with Crippen LogP contribution in [0.25, 0.3) is 0 Å². The summed E-state index contributed by atoms with van der Waals surface area (Å²) >= 11 is 0. The van der Waals surface area contributed by atoms with Gasteiger partial charge in [-0.15, -0.1) is 0 Å². The maximum absolute atomic E-state index is 2.28. The third-order valence-corrected chi connectivity index (χ3v) is 4.59. The van der Waals surface area contributed by atoms with Crippen LogP contribution >= 0.6 is 0 Å². The van der Waals surface area contributed by atoms with Gasteiger partial charge in [0.1, 0.15) is 0 Å². The Labute approximate surface area is 139 Å². The summed E-state index contributed by atoms with van der Waals surface area (Å²) in [5.74, 6) is 0.434. The lowest BCUT2D eigenvalue weighted by Crippen LogP contribution is -1.97. The lowest BCUT2D eigenvalue weighted by Gasteiger charge is -2.13. The highest BCUT2D eigenvalue weighted by Gasteiger charge is 2.08. The lowest BCUT2D eigenvalue weighted by atomic mass is 9.91. The van der Waals surface area contributed by atoms with Gasteiger partial charge in [0.25, 0.3) is 0 Å². The summed E-state index contributed by atoms with van der Waals surface area (Å²) in [4.78, 5) is 0. The van der Waals surface area contributed by atoms with Crippen LogP contribution in [0, 0.1) is 13.8 Å². The average Bonchev–Trinajstić information content (AvgIpc) is 2.58. The van der Waals surface area contributed by atoms with Crippen molar-refractivity contribution in [3.05, 3.63) is 106 Å². The van der Waals surface area contributed by atoms with Gasteiger partial charge in [0.2, 0.25) is 0 Å². The van der Waals surface area contributed by atoms with E-state index in [9.17, 15) is 0 Å². The van der Waals surface area contributed by atoms with Crippen LogP contribution in [0.15, 0.2) is 72.8 Å². The van der Waals surface area contributed by atoms with Crippen molar-refractivity contribution in [2.75, 3.05) is 0 Å². The molecule has 0 fully saturated rings. The van der Waals surface area contributed by atoms with E-state index >= 15 is 0 Å². The van der Waals surface area contributed by atoms with Crippen LogP contribution < -0.4 is 0 Å². The highest BCUT2D eigenvalue weighted by molar-refractivity contribution is 5.36. The summed E-state index contributed by atoms with van der Waals surface area (Å²) in [6, 6.07) is 26.7. The molecule has 0 radical (unpaired) electrons. The van der Waals surface area contributed by atoms with E-state index in [1.165, 1.54) is 33.4 Å². The van der Waals surface area contributed by atoms with E-state index < -0.39 is 0 Å². The first-order chi connectivity index (χ1) is 11.1. The molecule has 3 aromatic rings. The van der Waals surface area contributed by atoms with Crippen LogP contribution in [0.4, 0.5) is 0 Å². The summed E-state index contributed by atoms with van der Waals surface area (Å²) in [5, 5.41) is 0. The van der Waals surface area contributed by atoms with E-state index in [0.29, 0.717) is 5.92 Å². The molecule has 116 valence electrons. The molecule has 0 heteroatoms. The van der Waals surface area contributed by atoms with Crippen LogP contribution in [0.2, 0.25) is 0 Å². The fraction of sp³-hybridized carbons (Fsp3) is 0.217. The Bertz CT molecular complexity index is 747. The van der Waals surface area contributed by atoms with Crippen molar-refractivity contribution in [2.24, 2.45) is 0 Å². The van der Waals surface area contributed by atoms with Crippen molar-refractivity contribution in [1.29, 1.82) is 0 Å². The molecule has 0 bridgehead atoms. The smallest absolute Gasteiger partial charge is 0.00610 e. The second-order valence-corrected chi connectivity index (χ2v) is 6.54. The van der Waals surface area contributed by atoms with Crippen LogP contribution in [0.3, 0.4) is 0 Å². The summed E-state index contributed by atoms with van der Waals surface area (Å²) in [5.41, 5.74) is 8.12. The van der Waals surface area contributed by atoms with E-state index in [2.05, 4.69) is 93.6 Å². The molecule has 3 aromatic carbocycles. The first-order valence-electron chi connectivity index (χ1n) is 8.33. The minimum Gasteiger partial charge on any atom is -0.0590 e. The van der Waals surface area contributed by atoms with E-state index in [1.54, 1.807) is 0 Å². The van der Waals surface area contributed by atoms with Crippen molar-refractivity contribution in [2.45, 2.75) is 33.1 Å². The van der Waals surface area contributed by atoms with E-state index in [1.807, 2.05) is 0 Å². The van der Waals surface area contributed by atoms with E-state index in [4.69, 9.17) is 0 Å². The largest absolute Gasteiger partial charge is 0.0590 e. The lowest BCUT2D eigenvalue weighted by molar-refractivity contribution is 0.919. The SMILES string of the molecule is Cc1ccc(Cc2ccc(C(C)c3ccc(C)cc3)cc2)cc1. The Morgan fingerprint density at radius 3 is 1.39 bits per heavy atom. The minimum atomic E-state index is 0.434. The van der Waals surface area contributed by atoms with Crippen molar-refractivity contribution < 1.29 is 0 Å². The molecular weight excluding hydrogens is 276 g/mol. The number of hydrogen-bond acceptors (Lipinski definition) is 0. The Morgan fingerprint density at radius 1 is 0.565 bits per heavy atom. The standard InChI is InChI=1S/C23H24/c1-17-4-8-20(9-5-17)16-21-10-14-23(15-11-21)19(3)22-12-6-18(2)7-13-22/h4-15,19H,16H2,1-3H3. The summed E-state index contributed by atoms with van der Waals surface area (Å²) < 4.78 is 0. The number of benzene rings is 3. The highest BCUT2D eigenvalue weighted by atomic mass is 14.1. The molecule has 23 heavy (non-hydrogen) atoms. The summed E-state index contributed by atoms with van der Waals surface area (Å²) in [7, 11) is 0. The highest BCUT2D eigenvalue weighted by Crippen LogP contribution is 2.25. The second-order valence-electron chi connectivity index (χ2n) is 6.54. The van der Waals surface area contributed by atoms with Gasteiger partial charge in [-0.25, -0.2) is 0 Å². The van der Waals surface area contributed by atoms with Crippen LogP contribution in [-0.2, 0) is 6.42 Å². The predicted molar refractivity (Wildman–Crippen MR) is 99.1 cm³/mol. The van der Waals surface area contributed by atoms with Gasteiger partial charge in [0.05, 0.1) is 0 Å². The van der Waals surface area contributed by atoms with E-state index in [-0.39, 0.29) is 0 Å². The van der Waals surface area contributed by atoms with Gasteiger partial charge in [0, 0.05) is 5.92 Å². The van der Waals surface area contributed by atoms with Crippen molar-refractivity contribution in [3.63, 3.8) is 0 Å². The molecule has 0 saturated carbocycles. The maximum atomic E-state index is 2.28. The molecule has 1 atom stereocenters. The average molecular weight is 300 g/mol. The molecule has 3 rings (SSSR count).